The van der Waals surface area contributed by atoms with E-state index in [2.05, 4.69) is 74.2 Å². The highest BCUT2D eigenvalue weighted by Gasteiger charge is 2.12. The Balaban J connectivity index is 2.30. The smallest absolute Gasteiger partial charge is 0.163 e. The van der Waals surface area contributed by atoms with E-state index in [1.54, 1.807) is 0 Å². The first kappa shape index (κ1) is 10.1. The summed E-state index contributed by atoms with van der Waals surface area (Å²) in [5, 5.41) is 6.92. The van der Waals surface area contributed by atoms with Gasteiger partial charge in [-0.2, -0.15) is 5.10 Å². The maximum atomic E-state index is 4.50. The largest absolute Gasteiger partial charge is 0.314 e. The second-order valence-electron chi connectivity index (χ2n) is 5.10. The van der Waals surface area contributed by atoms with Crippen LogP contribution < -0.4 is 10.9 Å². The molecule has 4 nitrogen and oxygen atoms in total. The van der Waals surface area contributed by atoms with Gasteiger partial charge >= 0.3 is 0 Å². The molecule has 0 fully saturated rings. The predicted molar refractivity (Wildman–Crippen MR) is 79.1 cm³/mol. The predicted octanol–water partition coefficient (Wildman–Crippen LogP) is 2.42. The number of hydrogen-bond donors (Lipinski definition) is 1. The lowest BCUT2D eigenvalue weighted by molar-refractivity contribution is 0.659. The van der Waals surface area contributed by atoms with Crippen LogP contribution in [0.5, 0.6) is 0 Å². The Morgan fingerprint density at radius 3 is 2.80 bits per heavy atom. The van der Waals surface area contributed by atoms with Gasteiger partial charge in [-0.3, -0.25) is 5.43 Å². The fraction of sp³-hybridized carbons (Fsp3) is 0.0625. The molecule has 1 aliphatic rings. The molecule has 0 unspecified atom stereocenters. The minimum Gasteiger partial charge on any atom is -0.314 e. The van der Waals surface area contributed by atoms with Gasteiger partial charge in [-0.15, -0.1) is 0 Å². The van der Waals surface area contributed by atoms with Gasteiger partial charge in [-0.05, 0) is 24.3 Å². The van der Waals surface area contributed by atoms with Crippen molar-refractivity contribution in [2.45, 2.75) is 6.67 Å². The van der Waals surface area contributed by atoms with Crippen molar-refractivity contribution >= 4 is 27.3 Å². The van der Waals surface area contributed by atoms with Crippen molar-refractivity contribution in [3.8, 4) is 0 Å². The van der Waals surface area contributed by atoms with Crippen molar-refractivity contribution in [2.75, 3.05) is 0 Å². The number of fused-ring (bicyclic) bond motifs is 5. The summed E-state index contributed by atoms with van der Waals surface area (Å²) < 4.78 is 4.50. The lowest BCUT2D eigenvalue weighted by Gasteiger charge is -2.02. The van der Waals surface area contributed by atoms with E-state index in [0.717, 1.165) is 5.49 Å². The minimum atomic E-state index is 0.716. The highest BCUT2D eigenvalue weighted by Crippen LogP contribution is 2.23. The van der Waals surface area contributed by atoms with E-state index in [1.807, 2.05) is 0 Å². The molecule has 2 aromatic heterocycles. The van der Waals surface area contributed by atoms with Crippen LogP contribution in [0.25, 0.3) is 27.3 Å². The maximum absolute atomic E-state index is 4.50. The third-order valence-electron chi connectivity index (χ3n) is 4.05. The quantitative estimate of drug-likeness (QED) is 0.517. The lowest BCUT2D eigenvalue weighted by Crippen LogP contribution is -2.14. The zero-order valence-corrected chi connectivity index (χ0v) is 10.7. The molecule has 0 radical (unpaired) electrons. The van der Waals surface area contributed by atoms with Crippen LogP contribution in [0.2, 0.25) is 0 Å². The van der Waals surface area contributed by atoms with Gasteiger partial charge in [0.2, 0.25) is 0 Å². The molecular formula is C16H12N4. The first-order valence-corrected chi connectivity index (χ1v) is 6.71. The van der Waals surface area contributed by atoms with Crippen LogP contribution in [0.1, 0.15) is 0 Å². The summed E-state index contributed by atoms with van der Waals surface area (Å²) in [6, 6.07) is 17.0. The van der Waals surface area contributed by atoms with Gasteiger partial charge in [0.25, 0.3) is 0 Å². The maximum Gasteiger partial charge on any atom is 0.163 e. The molecular weight excluding hydrogens is 248 g/mol. The minimum absolute atomic E-state index is 0.716. The molecule has 20 heavy (non-hydrogen) atoms. The van der Waals surface area contributed by atoms with Crippen LogP contribution in [0.3, 0.4) is 0 Å². The normalized spacial score (nSPS) is 13.6. The summed E-state index contributed by atoms with van der Waals surface area (Å²) in [5.41, 5.74) is 7.71. The van der Waals surface area contributed by atoms with Gasteiger partial charge in [0.05, 0.1) is 16.6 Å². The molecule has 5 rings (SSSR count). The first-order chi connectivity index (χ1) is 9.93. The van der Waals surface area contributed by atoms with E-state index in [-0.39, 0.29) is 0 Å². The Morgan fingerprint density at radius 2 is 1.85 bits per heavy atom. The summed E-state index contributed by atoms with van der Waals surface area (Å²) in [4.78, 5) is 0. The number of benzene rings is 2. The van der Waals surface area contributed by atoms with Crippen LogP contribution in [-0.2, 0) is 6.67 Å². The standard InChI is InChI=1S/C16H12N4/c1-2-7-14-13(6-1)19-9-8-11-4-3-5-12(15(11)19)16-18-17-10-20(14)16/h1-9,17H,10H2. The van der Waals surface area contributed by atoms with Crippen molar-refractivity contribution in [3.05, 3.63) is 60.2 Å². The molecule has 0 spiro atoms. The fourth-order valence-corrected chi connectivity index (χ4v) is 3.19. The van der Waals surface area contributed by atoms with Gasteiger partial charge in [-0.25, -0.2) is 0 Å². The monoisotopic (exact) mass is 260 g/mol. The summed E-state index contributed by atoms with van der Waals surface area (Å²) >= 11 is 0. The number of para-hydroxylation sites is 3. The second kappa shape index (κ2) is 3.42. The highest BCUT2D eigenvalue weighted by atomic mass is 15.4. The molecule has 1 N–H and O–H groups in total. The summed E-state index contributed by atoms with van der Waals surface area (Å²) in [6.07, 6.45) is 2.14. The summed E-state index contributed by atoms with van der Waals surface area (Å²) in [5.74, 6) is 0. The summed E-state index contributed by atoms with van der Waals surface area (Å²) in [7, 11) is 0. The van der Waals surface area contributed by atoms with Gasteiger partial charge in [0.15, 0.2) is 5.49 Å². The van der Waals surface area contributed by atoms with Gasteiger partial charge in [-0.1, -0.05) is 24.3 Å². The number of nitrogens with one attached hydrogen (secondary N) is 1. The van der Waals surface area contributed by atoms with E-state index < -0.39 is 0 Å². The van der Waals surface area contributed by atoms with Crippen molar-refractivity contribution in [1.82, 2.24) is 14.4 Å². The highest BCUT2D eigenvalue weighted by molar-refractivity contribution is 5.98. The third kappa shape index (κ3) is 1.09. The lowest BCUT2D eigenvalue weighted by atomic mass is 10.2. The molecule has 3 heterocycles. The zero-order valence-electron chi connectivity index (χ0n) is 10.7. The topological polar surface area (TPSA) is 33.7 Å². The molecule has 0 atom stereocenters. The number of rotatable bonds is 0. The van der Waals surface area contributed by atoms with Crippen LogP contribution in [0.4, 0.5) is 0 Å². The molecule has 4 aromatic rings. The van der Waals surface area contributed by atoms with E-state index in [0.29, 0.717) is 6.67 Å². The number of nitrogens with zero attached hydrogens (tertiary/aromatic N) is 3. The Kier molecular flexibility index (Phi) is 1.72. The molecule has 1 aliphatic heterocycles. The molecule has 2 aromatic carbocycles. The molecule has 0 saturated heterocycles. The zero-order chi connectivity index (χ0) is 13.1. The van der Waals surface area contributed by atoms with Crippen LogP contribution in [0.15, 0.2) is 59.8 Å². The SMILES string of the molecule is c1cc2ccn3c4ccccc4n4c(c(c1)c23)=NNC4. The van der Waals surface area contributed by atoms with E-state index in [4.69, 9.17) is 0 Å². The molecule has 4 heteroatoms. The third-order valence-corrected chi connectivity index (χ3v) is 4.05. The van der Waals surface area contributed by atoms with Gasteiger partial charge in [0.1, 0.15) is 6.67 Å². The molecule has 96 valence electrons. The Hall–Kier alpha value is -2.75. The molecule has 0 bridgehead atoms. The van der Waals surface area contributed by atoms with Crippen molar-refractivity contribution in [2.24, 2.45) is 5.10 Å². The second-order valence-corrected chi connectivity index (χ2v) is 5.10. The Labute approximate surface area is 114 Å². The van der Waals surface area contributed by atoms with Crippen LogP contribution in [-0.4, -0.2) is 8.97 Å². The fourth-order valence-electron chi connectivity index (χ4n) is 3.19. The average molecular weight is 260 g/mol. The number of aromatic nitrogens is 2. The molecule has 0 aliphatic carbocycles. The van der Waals surface area contributed by atoms with Crippen LogP contribution in [0, 0.1) is 0 Å². The average Bonchev–Trinajstić information content (AvgIpc) is 3.11. The number of hydrogen-bond acceptors (Lipinski definition) is 2. The van der Waals surface area contributed by atoms with Crippen molar-refractivity contribution < 1.29 is 0 Å². The van der Waals surface area contributed by atoms with Crippen molar-refractivity contribution in [1.29, 1.82) is 0 Å². The molecule has 0 amide bonds. The first-order valence-electron chi connectivity index (χ1n) is 6.71. The van der Waals surface area contributed by atoms with E-state index in [9.17, 15) is 0 Å². The van der Waals surface area contributed by atoms with Gasteiger partial charge in [0, 0.05) is 17.0 Å². The van der Waals surface area contributed by atoms with Crippen molar-refractivity contribution in [3.63, 3.8) is 0 Å². The Morgan fingerprint density at radius 1 is 0.950 bits per heavy atom. The van der Waals surface area contributed by atoms with E-state index in [1.165, 1.54) is 27.3 Å². The van der Waals surface area contributed by atoms with E-state index >= 15 is 0 Å². The van der Waals surface area contributed by atoms with Crippen LogP contribution >= 0.6 is 0 Å². The van der Waals surface area contributed by atoms with Gasteiger partial charge < -0.3 is 8.97 Å². The Bertz CT molecular complexity index is 1050. The summed E-state index contributed by atoms with van der Waals surface area (Å²) in [6.45, 7) is 0.716. The molecule has 0 saturated carbocycles.